The number of allylic oxidation sites excluding steroid dienone is 2. The minimum Gasteiger partial charge on any atom is -0.459 e. The van der Waals surface area contributed by atoms with Crippen molar-refractivity contribution in [2.24, 2.45) is 0 Å². The van der Waals surface area contributed by atoms with Crippen molar-refractivity contribution in [2.75, 3.05) is 0 Å². The second kappa shape index (κ2) is 2.91. The molecule has 0 fully saturated rings. The summed E-state index contributed by atoms with van der Waals surface area (Å²) in [5, 5.41) is 0. The summed E-state index contributed by atoms with van der Waals surface area (Å²) in [5.41, 5.74) is 0. The van der Waals surface area contributed by atoms with Crippen molar-refractivity contribution in [3.63, 3.8) is 0 Å². The van der Waals surface area contributed by atoms with Crippen LogP contribution in [0, 0.1) is 0 Å². The van der Waals surface area contributed by atoms with Crippen LogP contribution in [0.25, 0.3) is 0 Å². The fourth-order valence-corrected chi connectivity index (χ4v) is 0.501. The molecular formula is C6H6O3. The molecule has 0 amide bonds. The molecule has 0 aromatic heterocycles. The summed E-state index contributed by atoms with van der Waals surface area (Å²) in [6.07, 6.45) is 6.03. The maximum absolute atomic E-state index is 9.71. The van der Waals surface area contributed by atoms with Gasteiger partial charge in [-0.25, -0.2) is 0 Å². The van der Waals surface area contributed by atoms with E-state index in [9.17, 15) is 4.79 Å². The van der Waals surface area contributed by atoms with Crippen LogP contribution in [-0.4, -0.2) is 12.8 Å². The van der Waals surface area contributed by atoms with Crippen LogP contribution in [0.15, 0.2) is 24.5 Å². The van der Waals surface area contributed by atoms with E-state index in [1.54, 1.807) is 18.2 Å². The molecule has 1 rings (SSSR count). The van der Waals surface area contributed by atoms with Crippen molar-refractivity contribution in [2.45, 2.75) is 6.29 Å². The van der Waals surface area contributed by atoms with Crippen molar-refractivity contribution >= 4 is 6.47 Å². The Balaban J connectivity index is 2.36. The lowest BCUT2D eigenvalue weighted by Crippen LogP contribution is -2.11. The van der Waals surface area contributed by atoms with Crippen LogP contribution in [0.1, 0.15) is 0 Å². The third-order valence-corrected chi connectivity index (χ3v) is 0.860. The van der Waals surface area contributed by atoms with Gasteiger partial charge in [0.05, 0.1) is 6.26 Å². The van der Waals surface area contributed by atoms with Crippen LogP contribution in [0.3, 0.4) is 0 Å². The summed E-state index contributed by atoms with van der Waals surface area (Å²) >= 11 is 0. The Morgan fingerprint density at radius 3 is 3.00 bits per heavy atom. The Hall–Kier alpha value is -1.25. The lowest BCUT2D eigenvalue weighted by atomic mass is 10.4. The molecule has 9 heavy (non-hydrogen) atoms. The van der Waals surface area contributed by atoms with Crippen LogP contribution >= 0.6 is 0 Å². The maximum atomic E-state index is 9.71. The smallest absolute Gasteiger partial charge is 0.296 e. The minimum absolute atomic E-state index is 0.355. The highest BCUT2D eigenvalue weighted by atomic mass is 16.7. The normalized spacial score (nSPS) is 22.9. The van der Waals surface area contributed by atoms with E-state index in [-0.39, 0.29) is 0 Å². The van der Waals surface area contributed by atoms with Gasteiger partial charge in [-0.15, -0.1) is 0 Å². The average Bonchev–Trinajstić information content (AvgIpc) is 1.91. The number of carbonyl (C=O) groups is 1. The monoisotopic (exact) mass is 126 g/mol. The fraction of sp³-hybridized carbons (Fsp3) is 0.167. The van der Waals surface area contributed by atoms with Crippen molar-refractivity contribution in [3.05, 3.63) is 24.5 Å². The molecule has 1 atom stereocenters. The largest absolute Gasteiger partial charge is 0.459 e. The summed E-state index contributed by atoms with van der Waals surface area (Å²) < 4.78 is 9.24. The number of ether oxygens (including phenoxy) is 2. The Morgan fingerprint density at radius 2 is 2.44 bits per heavy atom. The molecule has 0 radical (unpaired) electrons. The number of rotatable bonds is 2. The fourth-order valence-electron chi connectivity index (χ4n) is 0.501. The topological polar surface area (TPSA) is 35.5 Å². The molecule has 3 heteroatoms. The highest BCUT2D eigenvalue weighted by Crippen LogP contribution is 2.01. The number of hydrogen-bond donors (Lipinski definition) is 0. The molecule has 1 unspecified atom stereocenters. The quantitative estimate of drug-likeness (QED) is 0.508. The van der Waals surface area contributed by atoms with Gasteiger partial charge in [0, 0.05) is 0 Å². The van der Waals surface area contributed by atoms with Gasteiger partial charge in [0.25, 0.3) is 12.8 Å². The summed E-state index contributed by atoms with van der Waals surface area (Å²) in [5.74, 6) is 0. The molecule has 0 saturated carbocycles. The van der Waals surface area contributed by atoms with Crippen LogP contribution in [0.5, 0.6) is 0 Å². The summed E-state index contributed by atoms with van der Waals surface area (Å²) in [4.78, 5) is 9.71. The van der Waals surface area contributed by atoms with Gasteiger partial charge in [-0.3, -0.25) is 4.79 Å². The second-order valence-electron chi connectivity index (χ2n) is 1.45. The van der Waals surface area contributed by atoms with E-state index < -0.39 is 6.29 Å². The minimum atomic E-state index is -0.535. The Bertz CT molecular complexity index is 146. The molecule has 0 N–H and O–H groups in total. The molecule has 0 aromatic carbocycles. The Kier molecular flexibility index (Phi) is 1.90. The first-order valence-corrected chi connectivity index (χ1v) is 2.51. The van der Waals surface area contributed by atoms with Crippen molar-refractivity contribution in [1.82, 2.24) is 0 Å². The van der Waals surface area contributed by atoms with Crippen LogP contribution < -0.4 is 0 Å². The molecule has 1 aliphatic rings. The SMILES string of the molecule is O=COC1C=CC=CO1. The highest BCUT2D eigenvalue weighted by molar-refractivity contribution is 5.37. The molecule has 0 saturated heterocycles. The first-order valence-electron chi connectivity index (χ1n) is 2.51. The van der Waals surface area contributed by atoms with Crippen LogP contribution in [-0.2, 0) is 14.3 Å². The summed E-state index contributed by atoms with van der Waals surface area (Å²) in [6, 6.07) is 0. The van der Waals surface area contributed by atoms with E-state index in [0.29, 0.717) is 6.47 Å². The van der Waals surface area contributed by atoms with Gasteiger partial charge in [-0.05, 0) is 12.2 Å². The Morgan fingerprint density at radius 1 is 1.56 bits per heavy atom. The first kappa shape index (κ1) is 5.88. The van der Waals surface area contributed by atoms with E-state index in [1.165, 1.54) is 6.26 Å². The van der Waals surface area contributed by atoms with Crippen molar-refractivity contribution in [1.29, 1.82) is 0 Å². The maximum Gasteiger partial charge on any atom is 0.296 e. The zero-order valence-electron chi connectivity index (χ0n) is 4.69. The van der Waals surface area contributed by atoms with Gasteiger partial charge < -0.3 is 9.47 Å². The molecule has 0 spiro atoms. The number of carbonyl (C=O) groups excluding carboxylic acids is 1. The van der Waals surface area contributed by atoms with E-state index in [1.807, 2.05) is 0 Å². The zero-order valence-corrected chi connectivity index (χ0v) is 4.69. The van der Waals surface area contributed by atoms with Gasteiger partial charge in [-0.1, -0.05) is 6.08 Å². The molecular weight excluding hydrogens is 120 g/mol. The number of hydrogen-bond acceptors (Lipinski definition) is 3. The van der Waals surface area contributed by atoms with Gasteiger partial charge in [0.1, 0.15) is 0 Å². The molecule has 0 bridgehead atoms. The van der Waals surface area contributed by atoms with E-state index in [0.717, 1.165) is 0 Å². The summed E-state index contributed by atoms with van der Waals surface area (Å²) in [6.45, 7) is 0.355. The molecule has 0 aromatic rings. The van der Waals surface area contributed by atoms with E-state index in [2.05, 4.69) is 4.74 Å². The van der Waals surface area contributed by atoms with Gasteiger partial charge >= 0.3 is 0 Å². The lowest BCUT2D eigenvalue weighted by molar-refractivity contribution is -0.145. The van der Waals surface area contributed by atoms with Gasteiger partial charge in [0.2, 0.25) is 0 Å². The second-order valence-corrected chi connectivity index (χ2v) is 1.45. The highest BCUT2D eigenvalue weighted by Gasteiger charge is 2.02. The van der Waals surface area contributed by atoms with Crippen molar-refractivity contribution in [3.8, 4) is 0 Å². The molecule has 48 valence electrons. The predicted molar refractivity (Wildman–Crippen MR) is 30.3 cm³/mol. The van der Waals surface area contributed by atoms with Gasteiger partial charge in [-0.2, -0.15) is 0 Å². The van der Waals surface area contributed by atoms with Gasteiger partial charge in [0.15, 0.2) is 0 Å². The van der Waals surface area contributed by atoms with Crippen LogP contribution in [0.4, 0.5) is 0 Å². The standard InChI is InChI=1S/C6H6O3/c7-5-9-6-3-1-2-4-8-6/h1-6H. The molecule has 3 nitrogen and oxygen atoms in total. The predicted octanol–water partition coefficient (Wildman–Crippen LogP) is 0.586. The van der Waals surface area contributed by atoms with E-state index in [4.69, 9.17) is 4.74 Å². The van der Waals surface area contributed by atoms with Crippen LogP contribution in [0.2, 0.25) is 0 Å². The third-order valence-electron chi connectivity index (χ3n) is 0.860. The molecule has 1 aliphatic heterocycles. The third kappa shape index (κ3) is 1.60. The molecule has 1 heterocycles. The average molecular weight is 126 g/mol. The molecule has 0 aliphatic carbocycles. The van der Waals surface area contributed by atoms with Crippen molar-refractivity contribution < 1.29 is 14.3 Å². The Labute approximate surface area is 52.6 Å². The lowest BCUT2D eigenvalue weighted by Gasteiger charge is -2.11. The van der Waals surface area contributed by atoms with E-state index >= 15 is 0 Å². The first-order chi connectivity index (χ1) is 4.43. The summed E-state index contributed by atoms with van der Waals surface area (Å²) in [7, 11) is 0. The zero-order chi connectivity index (χ0) is 6.53.